The summed E-state index contributed by atoms with van der Waals surface area (Å²) in [5.41, 5.74) is 0.157. The zero-order valence-corrected chi connectivity index (χ0v) is 12.1. The van der Waals surface area contributed by atoms with E-state index in [1.54, 1.807) is 6.92 Å². The molecule has 2 atom stereocenters. The van der Waals surface area contributed by atoms with Gasteiger partial charge in [0, 0.05) is 25.2 Å². The van der Waals surface area contributed by atoms with E-state index in [1.165, 1.54) is 24.9 Å². The predicted octanol–water partition coefficient (Wildman–Crippen LogP) is 2.39. The number of carbonyl (C=O) groups excluding carboxylic acids is 1. The van der Waals surface area contributed by atoms with Crippen LogP contribution in [0.5, 0.6) is 0 Å². The Balaban J connectivity index is 2.67. The van der Waals surface area contributed by atoms with Gasteiger partial charge in [-0.25, -0.2) is 13.6 Å². The molecule has 0 aliphatic heterocycles. The van der Waals surface area contributed by atoms with Crippen LogP contribution < -0.4 is 5.32 Å². The van der Waals surface area contributed by atoms with E-state index < -0.39 is 35.6 Å². The molecule has 0 saturated heterocycles. The van der Waals surface area contributed by atoms with Crippen LogP contribution >= 0.6 is 0 Å². The first kappa shape index (κ1) is 16.9. The van der Waals surface area contributed by atoms with Crippen LogP contribution in [0.3, 0.4) is 0 Å². The van der Waals surface area contributed by atoms with E-state index in [0.29, 0.717) is 0 Å². The highest BCUT2D eigenvalue weighted by Gasteiger charge is 2.20. The van der Waals surface area contributed by atoms with Crippen molar-refractivity contribution in [1.29, 1.82) is 0 Å². The lowest BCUT2D eigenvalue weighted by Crippen LogP contribution is -2.41. The van der Waals surface area contributed by atoms with Gasteiger partial charge >= 0.3 is 12.0 Å². The van der Waals surface area contributed by atoms with Crippen molar-refractivity contribution in [3.8, 4) is 0 Å². The molecule has 1 rings (SSSR count). The van der Waals surface area contributed by atoms with Crippen LogP contribution in [0.1, 0.15) is 25.5 Å². The Morgan fingerprint density at radius 2 is 1.95 bits per heavy atom. The van der Waals surface area contributed by atoms with E-state index in [2.05, 4.69) is 5.32 Å². The van der Waals surface area contributed by atoms with Gasteiger partial charge in [0.1, 0.15) is 11.6 Å². The average molecular weight is 300 g/mol. The maximum absolute atomic E-state index is 13.6. The van der Waals surface area contributed by atoms with Gasteiger partial charge in [-0.3, -0.25) is 4.79 Å². The summed E-state index contributed by atoms with van der Waals surface area (Å²) in [6, 6.07) is 1.92. The van der Waals surface area contributed by atoms with E-state index in [4.69, 9.17) is 5.11 Å². The quantitative estimate of drug-likeness (QED) is 0.877. The highest BCUT2D eigenvalue weighted by Crippen LogP contribution is 2.17. The number of nitrogens with one attached hydrogen (secondary N) is 1. The Labute approximate surface area is 121 Å². The molecular formula is C14H18F2N2O3. The Morgan fingerprint density at radius 3 is 2.48 bits per heavy atom. The van der Waals surface area contributed by atoms with Crippen LogP contribution in [-0.2, 0) is 4.79 Å². The molecule has 0 aromatic heterocycles. The van der Waals surface area contributed by atoms with Crippen molar-refractivity contribution >= 4 is 12.0 Å². The summed E-state index contributed by atoms with van der Waals surface area (Å²) >= 11 is 0. The third-order valence-electron chi connectivity index (χ3n) is 3.08. The molecule has 7 heteroatoms. The molecule has 5 nitrogen and oxygen atoms in total. The number of hydrogen-bond donors (Lipinski definition) is 2. The highest BCUT2D eigenvalue weighted by molar-refractivity contribution is 5.76. The molecule has 2 N–H and O–H groups in total. The SMILES string of the molecule is CC(CN(C)C(=O)NC(C)c1ccc(F)cc1F)C(=O)O. The van der Waals surface area contributed by atoms with Crippen LogP contribution in [-0.4, -0.2) is 35.6 Å². The van der Waals surface area contributed by atoms with Crippen molar-refractivity contribution in [2.75, 3.05) is 13.6 Å². The van der Waals surface area contributed by atoms with Crippen molar-refractivity contribution in [3.05, 3.63) is 35.4 Å². The number of rotatable bonds is 5. The van der Waals surface area contributed by atoms with Crippen molar-refractivity contribution in [1.82, 2.24) is 10.2 Å². The summed E-state index contributed by atoms with van der Waals surface area (Å²) in [6.45, 7) is 3.07. The van der Waals surface area contributed by atoms with Crippen molar-refractivity contribution < 1.29 is 23.5 Å². The second kappa shape index (κ2) is 7.01. The van der Waals surface area contributed by atoms with E-state index in [0.717, 1.165) is 12.1 Å². The van der Waals surface area contributed by atoms with E-state index >= 15 is 0 Å². The van der Waals surface area contributed by atoms with Gasteiger partial charge < -0.3 is 15.3 Å². The molecule has 116 valence electrons. The minimum absolute atomic E-state index is 0.0276. The van der Waals surface area contributed by atoms with Gasteiger partial charge in [-0.05, 0) is 13.0 Å². The van der Waals surface area contributed by atoms with Crippen molar-refractivity contribution in [3.63, 3.8) is 0 Å². The largest absolute Gasteiger partial charge is 0.481 e. The lowest BCUT2D eigenvalue weighted by atomic mass is 10.1. The Morgan fingerprint density at radius 1 is 1.33 bits per heavy atom. The number of carbonyl (C=O) groups is 2. The molecule has 0 fully saturated rings. The minimum atomic E-state index is -1.01. The first-order valence-corrected chi connectivity index (χ1v) is 6.41. The number of urea groups is 1. The molecule has 0 radical (unpaired) electrons. The fourth-order valence-electron chi connectivity index (χ4n) is 1.80. The average Bonchev–Trinajstić information content (AvgIpc) is 2.37. The molecule has 2 unspecified atom stereocenters. The van der Waals surface area contributed by atoms with Crippen LogP contribution in [0.25, 0.3) is 0 Å². The van der Waals surface area contributed by atoms with Crippen molar-refractivity contribution in [2.24, 2.45) is 5.92 Å². The first-order chi connectivity index (χ1) is 9.72. The van der Waals surface area contributed by atoms with Gasteiger partial charge in [-0.2, -0.15) is 0 Å². The summed E-state index contributed by atoms with van der Waals surface area (Å²) in [6.07, 6.45) is 0. The van der Waals surface area contributed by atoms with E-state index in [9.17, 15) is 18.4 Å². The molecule has 0 aliphatic rings. The summed E-state index contributed by atoms with van der Waals surface area (Å²) in [4.78, 5) is 23.8. The monoisotopic (exact) mass is 300 g/mol. The van der Waals surface area contributed by atoms with Crippen LogP contribution in [0, 0.1) is 17.6 Å². The summed E-state index contributed by atoms with van der Waals surface area (Å²) in [5, 5.41) is 11.3. The second-order valence-corrected chi connectivity index (χ2v) is 4.96. The normalized spacial score (nSPS) is 13.4. The zero-order valence-electron chi connectivity index (χ0n) is 12.1. The van der Waals surface area contributed by atoms with Gasteiger partial charge in [0.15, 0.2) is 0 Å². The highest BCUT2D eigenvalue weighted by atomic mass is 19.1. The minimum Gasteiger partial charge on any atom is -0.481 e. The van der Waals surface area contributed by atoms with Gasteiger partial charge in [-0.1, -0.05) is 13.0 Å². The molecule has 0 heterocycles. The maximum Gasteiger partial charge on any atom is 0.317 e. The fraction of sp³-hybridized carbons (Fsp3) is 0.429. The number of aliphatic carboxylic acids is 1. The molecule has 0 saturated carbocycles. The number of carboxylic acids is 1. The summed E-state index contributed by atoms with van der Waals surface area (Å²) in [5.74, 6) is -3.16. The molecule has 0 bridgehead atoms. The number of benzene rings is 1. The molecule has 21 heavy (non-hydrogen) atoms. The van der Waals surface area contributed by atoms with Gasteiger partial charge in [-0.15, -0.1) is 0 Å². The van der Waals surface area contributed by atoms with E-state index in [1.807, 2.05) is 0 Å². The topological polar surface area (TPSA) is 69.6 Å². The Bertz CT molecular complexity index is 537. The zero-order chi connectivity index (χ0) is 16.2. The van der Waals surface area contributed by atoms with E-state index in [-0.39, 0.29) is 12.1 Å². The van der Waals surface area contributed by atoms with Crippen LogP contribution in [0.4, 0.5) is 13.6 Å². The third kappa shape index (κ3) is 4.70. The number of nitrogens with zero attached hydrogens (tertiary/aromatic N) is 1. The van der Waals surface area contributed by atoms with Gasteiger partial charge in [0.2, 0.25) is 0 Å². The number of carboxylic acid groups (broad SMARTS) is 1. The molecule has 2 amide bonds. The predicted molar refractivity (Wildman–Crippen MR) is 72.7 cm³/mol. The molecule has 1 aromatic rings. The number of amides is 2. The third-order valence-corrected chi connectivity index (χ3v) is 3.08. The summed E-state index contributed by atoms with van der Waals surface area (Å²) in [7, 11) is 1.45. The van der Waals surface area contributed by atoms with Gasteiger partial charge in [0.25, 0.3) is 0 Å². The maximum atomic E-state index is 13.6. The summed E-state index contributed by atoms with van der Waals surface area (Å²) < 4.78 is 26.4. The van der Waals surface area contributed by atoms with Crippen LogP contribution in [0.2, 0.25) is 0 Å². The molecule has 0 spiro atoms. The Kier molecular flexibility index (Phi) is 5.63. The smallest absolute Gasteiger partial charge is 0.317 e. The second-order valence-electron chi connectivity index (χ2n) is 4.96. The lowest BCUT2D eigenvalue weighted by molar-refractivity contribution is -0.141. The molecule has 1 aromatic carbocycles. The Hall–Kier alpha value is -2.18. The molecule has 0 aliphatic carbocycles. The number of halogens is 2. The van der Waals surface area contributed by atoms with Crippen molar-refractivity contribution in [2.45, 2.75) is 19.9 Å². The lowest BCUT2D eigenvalue weighted by Gasteiger charge is -2.23. The molecular weight excluding hydrogens is 282 g/mol. The first-order valence-electron chi connectivity index (χ1n) is 6.41. The standard InChI is InChI=1S/C14H18F2N2O3/c1-8(13(19)20)7-18(3)14(21)17-9(2)11-5-4-10(15)6-12(11)16/h4-6,8-9H,7H2,1-3H3,(H,17,21)(H,19,20). The fourth-order valence-corrected chi connectivity index (χ4v) is 1.80. The number of hydrogen-bond acceptors (Lipinski definition) is 2. The van der Waals surface area contributed by atoms with Gasteiger partial charge in [0.05, 0.1) is 12.0 Å². The van der Waals surface area contributed by atoms with Crippen LogP contribution in [0.15, 0.2) is 18.2 Å².